The van der Waals surface area contributed by atoms with Crippen molar-refractivity contribution in [3.05, 3.63) is 26.6 Å². The Morgan fingerprint density at radius 3 is 2.41 bits per heavy atom. The van der Waals surface area contributed by atoms with E-state index < -0.39 is 18.7 Å². The molecule has 4 nitrogen and oxygen atoms in total. The quantitative estimate of drug-likeness (QED) is 0.849. The van der Waals surface area contributed by atoms with E-state index in [9.17, 15) is 18.7 Å². The van der Waals surface area contributed by atoms with Crippen LogP contribution in [-0.2, 0) is 4.79 Å². The molecule has 8 heteroatoms. The van der Waals surface area contributed by atoms with Crippen LogP contribution in [-0.4, -0.2) is 22.8 Å². The highest BCUT2D eigenvalue weighted by atomic mass is 79.9. The second kappa shape index (κ2) is 5.74. The monoisotopic (exact) mass is 374 g/mol. The highest BCUT2D eigenvalue weighted by Gasteiger charge is 2.23. The molecule has 94 valence electrons. The molecule has 1 aromatic carbocycles. The Morgan fingerprint density at radius 2 is 1.94 bits per heavy atom. The zero-order valence-corrected chi connectivity index (χ0v) is 11.2. The first-order valence-corrected chi connectivity index (χ1v) is 5.76. The van der Waals surface area contributed by atoms with E-state index in [0.717, 1.165) is 0 Å². The van der Waals surface area contributed by atoms with E-state index in [1.54, 1.807) is 0 Å². The summed E-state index contributed by atoms with van der Waals surface area (Å²) < 4.78 is 28.6. The number of hydrogen-bond acceptors (Lipinski definition) is 3. The number of carboxylic acid groups (broad SMARTS) is 1. The van der Waals surface area contributed by atoms with Crippen LogP contribution < -0.4 is 4.74 Å². The molecule has 17 heavy (non-hydrogen) atoms. The number of halogens is 4. The van der Waals surface area contributed by atoms with Crippen molar-refractivity contribution in [2.75, 3.05) is 0 Å². The summed E-state index contributed by atoms with van der Waals surface area (Å²) in [7, 11) is 0. The Kier molecular flexibility index (Phi) is 4.84. The lowest BCUT2D eigenvalue weighted by molar-refractivity contribution is -0.147. The number of alkyl halides is 2. The third-order valence-electron chi connectivity index (χ3n) is 1.81. The minimum atomic E-state index is -3.06. The zero-order valence-electron chi connectivity index (χ0n) is 8.03. The Bertz CT molecular complexity index is 439. The number of carbonyl (C=O) groups is 1. The lowest BCUT2D eigenvalue weighted by Crippen LogP contribution is -2.12. The lowest BCUT2D eigenvalue weighted by atomic mass is 10.1. The summed E-state index contributed by atoms with van der Waals surface area (Å²) in [4.78, 5) is 10.6. The maximum absolute atomic E-state index is 12.1. The topological polar surface area (TPSA) is 66.8 Å². The predicted octanol–water partition coefficient (Wildman–Crippen LogP) is 2.93. The highest BCUT2D eigenvalue weighted by molar-refractivity contribution is 9.11. The second-order valence-electron chi connectivity index (χ2n) is 2.90. The van der Waals surface area contributed by atoms with Gasteiger partial charge in [-0.1, -0.05) is 6.07 Å². The fraction of sp³-hybridized carbons (Fsp3) is 0.222. The summed E-state index contributed by atoms with van der Waals surface area (Å²) in [6, 6.07) is 2.59. The van der Waals surface area contributed by atoms with E-state index in [0.29, 0.717) is 0 Å². The van der Waals surface area contributed by atoms with Crippen molar-refractivity contribution in [3.8, 4) is 5.75 Å². The molecule has 0 fully saturated rings. The number of aliphatic hydroxyl groups is 1. The molecule has 0 heterocycles. The van der Waals surface area contributed by atoms with Crippen LogP contribution in [0, 0.1) is 0 Å². The fourth-order valence-electron chi connectivity index (χ4n) is 1.09. The van der Waals surface area contributed by atoms with Gasteiger partial charge in [0.05, 0.1) is 8.95 Å². The maximum Gasteiger partial charge on any atom is 0.387 e. The SMILES string of the molecule is O=C(O)C(O)c1ccc(Br)c(OC(F)F)c1Br. The van der Waals surface area contributed by atoms with Gasteiger partial charge in [-0.25, -0.2) is 4.79 Å². The predicted molar refractivity (Wildman–Crippen MR) is 61.1 cm³/mol. The van der Waals surface area contributed by atoms with Gasteiger partial charge in [-0.2, -0.15) is 8.78 Å². The number of rotatable bonds is 4. The number of hydrogen-bond donors (Lipinski definition) is 2. The van der Waals surface area contributed by atoms with E-state index in [4.69, 9.17) is 5.11 Å². The molecule has 0 aliphatic heterocycles. The molecule has 1 rings (SSSR count). The number of ether oxygens (including phenoxy) is 1. The molecule has 0 aliphatic carbocycles. The molecule has 0 saturated heterocycles. The van der Waals surface area contributed by atoms with Crippen molar-refractivity contribution in [2.45, 2.75) is 12.7 Å². The minimum absolute atomic E-state index is 0.0397. The first kappa shape index (κ1) is 14.3. The summed E-state index contributed by atoms with van der Waals surface area (Å²) in [6.07, 6.45) is -1.82. The van der Waals surface area contributed by atoms with Crippen molar-refractivity contribution in [1.29, 1.82) is 0 Å². The maximum atomic E-state index is 12.1. The average Bonchev–Trinajstić information content (AvgIpc) is 2.23. The van der Waals surface area contributed by atoms with Gasteiger partial charge >= 0.3 is 12.6 Å². The van der Waals surface area contributed by atoms with E-state index in [1.807, 2.05) is 0 Å². The Morgan fingerprint density at radius 1 is 1.35 bits per heavy atom. The van der Waals surface area contributed by atoms with Crippen LogP contribution in [0.2, 0.25) is 0 Å². The van der Waals surface area contributed by atoms with Crippen LogP contribution in [0.4, 0.5) is 8.78 Å². The van der Waals surface area contributed by atoms with E-state index in [2.05, 4.69) is 36.6 Å². The third kappa shape index (κ3) is 3.36. The van der Waals surface area contributed by atoms with Crippen molar-refractivity contribution >= 4 is 37.8 Å². The van der Waals surface area contributed by atoms with Gasteiger partial charge in [-0.3, -0.25) is 0 Å². The number of aliphatic hydroxyl groups excluding tert-OH is 1. The van der Waals surface area contributed by atoms with Crippen molar-refractivity contribution in [1.82, 2.24) is 0 Å². The van der Waals surface area contributed by atoms with Gasteiger partial charge in [-0.05, 0) is 37.9 Å². The molecule has 0 spiro atoms. The second-order valence-corrected chi connectivity index (χ2v) is 4.55. The van der Waals surface area contributed by atoms with Gasteiger partial charge in [0.25, 0.3) is 0 Å². The fourth-order valence-corrected chi connectivity index (χ4v) is 2.43. The molecule has 0 bridgehead atoms. The summed E-state index contributed by atoms with van der Waals surface area (Å²) >= 11 is 5.90. The molecule has 0 aromatic heterocycles. The minimum Gasteiger partial charge on any atom is -0.479 e. The van der Waals surface area contributed by atoms with Crippen LogP contribution in [0.1, 0.15) is 11.7 Å². The van der Waals surface area contributed by atoms with Gasteiger partial charge in [0.2, 0.25) is 0 Å². The molecular formula is C9H6Br2F2O4. The number of benzene rings is 1. The van der Waals surface area contributed by atoms with Crippen molar-refractivity contribution in [3.63, 3.8) is 0 Å². The Labute approximate surface area is 111 Å². The normalized spacial score (nSPS) is 12.6. The summed E-state index contributed by atoms with van der Waals surface area (Å²) in [5.74, 6) is -1.76. The van der Waals surface area contributed by atoms with Gasteiger partial charge in [0.1, 0.15) is 0 Å². The van der Waals surface area contributed by atoms with E-state index in [1.165, 1.54) is 12.1 Å². The lowest BCUT2D eigenvalue weighted by Gasteiger charge is -2.14. The van der Waals surface area contributed by atoms with Gasteiger partial charge < -0.3 is 14.9 Å². The zero-order chi connectivity index (χ0) is 13.2. The molecule has 1 aromatic rings. The first-order chi connectivity index (χ1) is 7.84. The van der Waals surface area contributed by atoms with Crippen molar-refractivity contribution < 1.29 is 28.5 Å². The Balaban J connectivity index is 3.23. The van der Waals surface area contributed by atoms with Gasteiger partial charge in [0.15, 0.2) is 11.9 Å². The standard InChI is InChI=1S/C9H6Br2F2O4/c10-4-2-1-3(6(14)8(15)16)5(11)7(4)17-9(12)13/h1-2,6,9,14H,(H,15,16). The largest absolute Gasteiger partial charge is 0.479 e. The van der Waals surface area contributed by atoms with E-state index >= 15 is 0 Å². The number of carboxylic acids is 1. The molecule has 0 amide bonds. The first-order valence-electron chi connectivity index (χ1n) is 4.18. The molecule has 0 radical (unpaired) electrons. The third-order valence-corrected chi connectivity index (χ3v) is 3.26. The average molecular weight is 376 g/mol. The Hall–Kier alpha value is -0.730. The molecule has 1 unspecified atom stereocenters. The molecular weight excluding hydrogens is 370 g/mol. The summed E-state index contributed by atoms with van der Waals surface area (Å²) in [5, 5.41) is 18.0. The van der Waals surface area contributed by atoms with E-state index in [-0.39, 0.29) is 20.3 Å². The van der Waals surface area contributed by atoms with Crippen molar-refractivity contribution in [2.24, 2.45) is 0 Å². The smallest absolute Gasteiger partial charge is 0.387 e. The van der Waals surface area contributed by atoms with Gasteiger partial charge in [-0.15, -0.1) is 0 Å². The van der Waals surface area contributed by atoms with Crippen LogP contribution >= 0.6 is 31.9 Å². The molecule has 1 atom stereocenters. The summed E-state index contributed by atoms with van der Waals surface area (Å²) in [6.45, 7) is -3.06. The highest BCUT2D eigenvalue weighted by Crippen LogP contribution is 2.39. The van der Waals surface area contributed by atoms with Crippen LogP contribution in [0.3, 0.4) is 0 Å². The van der Waals surface area contributed by atoms with Gasteiger partial charge in [0, 0.05) is 5.56 Å². The molecule has 0 saturated carbocycles. The van der Waals surface area contributed by atoms with Crippen LogP contribution in [0.15, 0.2) is 21.1 Å². The van der Waals surface area contributed by atoms with Crippen LogP contribution in [0.25, 0.3) is 0 Å². The summed E-state index contributed by atoms with van der Waals surface area (Å²) in [5.41, 5.74) is -0.0728. The van der Waals surface area contributed by atoms with Crippen LogP contribution in [0.5, 0.6) is 5.75 Å². The molecule has 0 aliphatic rings. The molecule has 2 N–H and O–H groups in total. The number of aliphatic carboxylic acids is 1.